The number of hydrogen-bond donors (Lipinski definition) is 1. The van der Waals surface area contributed by atoms with E-state index in [2.05, 4.69) is 40.7 Å². The molecule has 1 N–H and O–H groups in total. The summed E-state index contributed by atoms with van der Waals surface area (Å²) in [5.74, 6) is 0.452. The van der Waals surface area contributed by atoms with Crippen LogP contribution in [0.4, 0.5) is 0 Å². The molecule has 3 heterocycles. The van der Waals surface area contributed by atoms with E-state index in [-0.39, 0.29) is 41.1 Å². The van der Waals surface area contributed by atoms with E-state index in [0.717, 1.165) is 18.6 Å². The number of ether oxygens (including phenoxy) is 3. The fourth-order valence-corrected chi connectivity index (χ4v) is 9.72. The fourth-order valence-electron chi connectivity index (χ4n) is 9.72. The van der Waals surface area contributed by atoms with Crippen molar-refractivity contribution in [2.24, 2.45) is 33.5 Å². The van der Waals surface area contributed by atoms with Gasteiger partial charge in [0.05, 0.1) is 0 Å². The first kappa shape index (κ1) is 24.9. The van der Waals surface area contributed by atoms with Crippen molar-refractivity contribution in [3.8, 4) is 11.7 Å². The van der Waals surface area contributed by atoms with Gasteiger partial charge in [0.15, 0.2) is 11.9 Å². The lowest BCUT2D eigenvalue weighted by Crippen LogP contribution is -2.73. The van der Waals surface area contributed by atoms with Crippen molar-refractivity contribution in [3.05, 3.63) is 60.4 Å². The quantitative estimate of drug-likeness (QED) is 0.395. The number of benzene rings is 1. The Hall–Kier alpha value is -3.06. The van der Waals surface area contributed by atoms with E-state index in [0.29, 0.717) is 12.0 Å². The van der Waals surface area contributed by atoms with Gasteiger partial charge in [0, 0.05) is 27.9 Å². The number of allylic oxidation sites excluding steroid dienone is 2. The van der Waals surface area contributed by atoms with Crippen LogP contribution in [0.15, 0.2) is 59.2 Å². The van der Waals surface area contributed by atoms with E-state index in [1.54, 1.807) is 6.08 Å². The first-order valence-corrected chi connectivity index (χ1v) is 14.0. The zero-order valence-electron chi connectivity index (χ0n) is 23.1. The summed E-state index contributed by atoms with van der Waals surface area (Å²) in [5.41, 5.74) is -2.23. The summed E-state index contributed by atoms with van der Waals surface area (Å²) in [5, 5.41) is 9.99. The zero-order valence-corrected chi connectivity index (χ0v) is 23.1. The molecular weight excluding hydrogens is 496 g/mol. The molecule has 1 aromatic heterocycles. The Morgan fingerprint density at radius 3 is 2.44 bits per heavy atom. The average Bonchev–Trinajstić information content (AvgIpc) is 3.55. The Labute approximate surface area is 228 Å². The van der Waals surface area contributed by atoms with Crippen LogP contribution in [0.5, 0.6) is 11.7 Å². The Morgan fingerprint density at radius 2 is 1.74 bits per heavy atom. The van der Waals surface area contributed by atoms with Gasteiger partial charge >= 0.3 is 5.97 Å². The van der Waals surface area contributed by atoms with Crippen LogP contribution in [0.2, 0.25) is 0 Å². The highest BCUT2D eigenvalue weighted by atomic mass is 16.7. The van der Waals surface area contributed by atoms with Crippen LogP contribution >= 0.6 is 0 Å². The summed E-state index contributed by atoms with van der Waals surface area (Å²) in [6, 6.07) is 11.3. The maximum absolute atomic E-state index is 13.5. The number of fused-ring (bicyclic) bond motifs is 3. The maximum atomic E-state index is 13.5. The van der Waals surface area contributed by atoms with E-state index in [1.807, 2.05) is 30.3 Å². The number of hydrogen-bond acceptors (Lipinski definition) is 7. The summed E-state index contributed by atoms with van der Waals surface area (Å²) in [6.45, 7) is 10.8. The molecular formula is C32H36O7. The summed E-state index contributed by atoms with van der Waals surface area (Å²) < 4.78 is 24.8. The van der Waals surface area contributed by atoms with Crippen molar-refractivity contribution in [1.82, 2.24) is 0 Å². The summed E-state index contributed by atoms with van der Waals surface area (Å²) in [6.07, 6.45) is 5.99. The largest absolute Gasteiger partial charge is 0.490 e. The van der Waals surface area contributed by atoms with Gasteiger partial charge in [-0.25, -0.2) is 4.79 Å². The highest BCUT2D eigenvalue weighted by molar-refractivity contribution is 5.95. The summed E-state index contributed by atoms with van der Waals surface area (Å²) in [7, 11) is 0. The zero-order chi connectivity index (χ0) is 27.6. The van der Waals surface area contributed by atoms with Crippen molar-refractivity contribution in [1.29, 1.82) is 0 Å². The highest BCUT2D eigenvalue weighted by Gasteiger charge is 2.88. The second kappa shape index (κ2) is 7.57. The van der Waals surface area contributed by atoms with Crippen molar-refractivity contribution in [2.45, 2.75) is 77.8 Å². The topological polar surface area (TPSA) is 98.5 Å². The predicted molar refractivity (Wildman–Crippen MR) is 141 cm³/mol. The molecule has 7 nitrogen and oxygen atoms in total. The number of furan rings is 1. The molecule has 0 bridgehead atoms. The molecule has 9 atom stereocenters. The number of ketones is 1. The second-order valence-electron chi connectivity index (χ2n) is 13.6. The fraction of sp³-hybridized carbons (Fsp3) is 0.562. The van der Waals surface area contributed by atoms with Crippen LogP contribution in [0.3, 0.4) is 0 Å². The number of cyclic esters (lactones) is 1. The maximum Gasteiger partial charge on any atom is 0.339 e. The van der Waals surface area contributed by atoms with Crippen LogP contribution in [0.1, 0.15) is 65.5 Å². The predicted octanol–water partition coefficient (Wildman–Crippen LogP) is 5.78. The second-order valence-corrected chi connectivity index (χ2v) is 13.6. The SMILES string of the molecule is CC1(C)C(=O)C=CC2(C)C1CC(Oc1ccccc1)C1(C)C2CCC2(C)C(c3coc(O)c3)OC(=O)C3OC321. The van der Waals surface area contributed by atoms with Crippen molar-refractivity contribution in [2.75, 3.05) is 0 Å². The number of para-hydroxylation sites is 1. The number of aromatic hydroxyl groups is 1. The third-order valence-electron chi connectivity index (χ3n) is 11.6. The number of esters is 1. The molecule has 5 aliphatic rings. The number of carbonyl (C=O) groups excluding carboxylic acids is 2. The van der Waals surface area contributed by atoms with E-state index < -0.39 is 34.1 Å². The molecule has 206 valence electrons. The van der Waals surface area contributed by atoms with Gasteiger partial charge in [0.2, 0.25) is 0 Å². The van der Waals surface area contributed by atoms with Gasteiger partial charge in [0.25, 0.3) is 5.95 Å². The molecule has 0 amide bonds. The molecule has 2 saturated carbocycles. The molecule has 7 heteroatoms. The third-order valence-corrected chi connectivity index (χ3v) is 11.6. The molecule has 3 aliphatic carbocycles. The van der Waals surface area contributed by atoms with Gasteiger partial charge < -0.3 is 23.7 Å². The number of rotatable bonds is 3. The van der Waals surface area contributed by atoms with Gasteiger partial charge in [-0.05, 0) is 54.7 Å². The first-order valence-electron chi connectivity index (χ1n) is 14.0. The van der Waals surface area contributed by atoms with Crippen LogP contribution < -0.4 is 4.74 Å². The van der Waals surface area contributed by atoms with Crippen molar-refractivity contribution in [3.63, 3.8) is 0 Å². The minimum absolute atomic E-state index is 0.0596. The molecule has 1 aromatic carbocycles. The van der Waals surface area contributed by atoms with E-state index in [4.69, 9.17) is 18.6 Å². The van der Waals surface area contributed by atoms with Crippen LogP contribution in [0.25, 0.3) is 0 Å². The van der Waals surface area contributed by atoms with Crippen LogP contribution in [0, 0.1) is 33.5 Å². The minimum Gasteiger partial charge on any atom is -0.490 e. The van der Waals surface area contributed by atoms with Gasteiger partial charge in [-0.3, -0.25) is 4.79 Å². The molecule has 2 aliphatic heterocycles. The lowest BCUT2D eigenvalue weighted by molar-refractivity contribution is -0.241. The standard InChI is InChI=1S/C32H36O7/c1-28(2)21-16-23(37-19-9-7-6-8-10-19)31(5)20(29(21,3)13-12-22(28)33)11-14-30(4)25(18-15-24(34)36-17-18)38-27(35)26-32(30,31)39-26/h6-10,12-13,15,17,20-21,23,25-26,34H,11,14,16H2,1-5H3. The van der Waals surface area contributed by atoms with Crippen molar-refractivity contribution >= 4 is 11.8 Å². The normalized spacial score (nSPS) is 45.3. The molecule has 39 heavy (non-hydrogen) atoms. The number of epoxide rings is 1. The Kier molecular flexibility index (Phi) is 4.84. The third kappa shape index (κ3) is 2.87. The average molecular weight is 533 g/mol. The Balaban J connectivity index is 1.42. The lowest BCUT2D eigenvalue weighted by Gasteiger charge is -2.68. The van der Waals surface area contributed by atoms with Gasteiger partial charge in [-0.1, -0.05) is 58.9 Å². The monoisotopic (exact) mass is 532 g/mol. The molecule has 9 unspecified atom stereocenters. The van der Waals surface area contributed by atoms with Gasteiger partial charge in [0.1, 0.15) is 29.8 Å². The Bertz CT molecular complexity index is 1390. The van der Waals surface area contributed by atoms with Crippen LogP contribution in [-0.4, -0.2) is 34.7 Å². The smallest absolute Gasteiger partial charge is 0.339 e. The molecule has 2 saturated heterocycles. The highest BCUT2D eigenvalue weighted by Crippen LogP contribution is 2.79. The summed E-state index contributed by atoms with van der Waals surface area (Å²) >= 11 is 0. The van der Waals surface area contributed by atoms with Crippen molar-refractivity contribution < 1.29 is 33.3 Å². The van der Waals surface area contributed by atoms with Gasteiger partial charge in [-0.2, -0.15) is 0 Å². The molecule has 7 rings (SSSR count). The Morgan fingerprint density at radius 1 is 1.00 bits per heavy atom. The molecule has 1 spiro atoms. The number of carbonyl (C=O) groups is 2. The molecule has 4 fully saturated rings. The molecule has 2 aromatic rings. The van der Waals surface area contributed by atoms with E-state index in [9.17, 15) is 14.7 Å². The summed E-state index contributed by atoms with van der Waals surface area (Å²) in [4.78, 5) is 26.6. The van der Waals surface area contributed by atoms with Gasteiger partial charge in [-0.15, -0.1) is 0 Å². The minimum atomic E-state index is -0.845. The first-order chi connectivity index (χ1) is 18.4. The molecule has 0 radical (unpaired) electrons. The van der Waals surface area contributed by atoms with E-state index >= 15 is 0 Å². The van der Waals surface area contributed by atoms with Crippen LogP contribution in [-0.2, 0) is 19.1 Å². The van der Waals surface area contributed by atoms with E-state index in [1.165, 1.54) is 12.3 Å². The lowest BCUT2D eigenvalue weighted by atomic mass is 9.35.